The maximum absolute atomic E-state index is 5.80. The molecule has 2 rings (SSSR count). The molecule has 2 aromatic carbocycles. The van der Waals surface area contributed by atoms with Gasteiger partial charge in [0.05, 0.1) is 0 Å². The second kappa shape index (κ2) is 6.27. The molecule has 0 radical (unpaired) electrons. The van der Waals surface area contributed by atoms with Gasteiger partial charge in [-0.1, -0.05) is 49.9 Å². The first-order valence-corrected chi connectivity index (χ1v) is 7.49. The number of hydrogen-bond donors (Lipinski definition) is 1. The summed E-state index contributed by atoms with van der Waals surface area (Å²) >= 11 is 1.79. The normalized spacial score (nSPS) is 11.0. The molecular formula is C17H21NS. The highest BCUT2D eigenvalue weighted by Gasteiger charge is 2.05. The zero-order valence-corrected chi connectivity index (χ0v) is 12.6. The average molecular weight is 271 g/mol. The van der Waals surface area contributed by atoms with Gasteiger partial charge in [0.15, 0.2) is 0 Å². The highest BCUT2D eigenvalue weighted by atomic mass is 32.2. The van der Waals surface area contributed by atoms with Crippen LogP contribution in [0.15, 0.2) is 52.3 Å². The fourth-order valence-electron chi connectivity index (χ4n) is 1.97. The lowest BCUT2D eigenvalue weighted by atomic mass is 10.0. The Morgan fingerprint density at radius 2 is 1.74 bits per heavy atom. The van der Waals surface area contributed by atoms with Crippen LogP contribution in [-0.2, 0) is 6.54 Å². The van der Waals surface area contributed by atoms with Gasteiger partial charge in [0.1, 0.15) is 0 Å². The van der Waals surface area contributed by atoms with Crippen LogP contribution >= 0.6 is 11.8 Å². The molecule has 0 aromatic heterocycles. The molecule has 100 valence electrons. The maximum atomic E-state index is 5.80. The highest BCUT2D eigenvalue weighted by molar-refractivity contribution is 7.99. The van der Waals surface area contributed by atoms with Crippen LogP contribution in [0.5, 0.6) is 0 Å². The first kappa shape index (κ1) is 14.2. The molecule has 0 atom stereocenters. The minimum atomic E-state index is 0.581. The third-order valence-electron chi connectivity index (χ3n) is 3.22. The van der Waals surface area contributed by atoms with Crippen LogP contribution in [0.3, 0.4) is 0 Å². The summed E-state index contributed by atoms with van der Waals surface area (Å²) < 4.78 is 0. The summed E-state index contributed by atoms with van der Waals surface area (Å²) in [6.45, 7) is 7.14. The highest BCUT2D eigenvalue weighted by Crippen LogP contribution is 2.32. The smallest absolute Gasteiger partial charge is 0.0189 e. The Labute approximate surface area is 120 Å². The van der Waals surface area contributed by atoms with E-state index in [-0.39, 0.29) is 0 Å². The third-order valence-corrected chi connectivity index (χ3v) is 4.32. The van der Waals surface area contributed by atoms with Crippen molar-refractivity contribution in [3.63, 3.8) is 0 Å². The summed E-state index contributed by atoms with van der Waals surface area (Å²) in [6.07, 6.45) is 0. The molecule has 19 heavy (non-hydrogen) atoms. The van der Waals surface area contributed by atoms with Crippen molar-refractivity contribution >= 4 is 11.8 Å². The zero-order valence-electron chi connectivity index (χ0n) is 11.8. The molecule has 2 N–H and O–H groups in total. The lowest BCUT2D eigenvalue weighted by molar-refractivity contribution is 0.865. The van der Waals surface area contributed by atoms with Gasteiger partial charge in [-0.05, 0) is 47.7 Å². The quantitative estimate of drug-likeness (QED) is 0.870. The second-order valence-electron chi connectivity index (χ2n) is 5.14. The predicted octanol–water partition coefficient (Wildman–Crippen LogP) is 4.73. The van der Waals surface area contributed by atoms with Gasteiger partial charge in [0.25, 0.3) is 0 Å². The van der Waals surface area contributed by atoms with Crippen molar-refractivity contribution in [1.82, 2.24) is 0 Å². The van der Waals surface area contributed by atoms with Gasteiger partial charge < -0.3 is 5.73 Å². The molecule has 2 aromatic rings. The molecule has 0 bridgehead atoms. The van der Waals surface area contributed by atoms with Gasteiger partial charge in [-0.15, -0.1) is 0 Å². The lowest BCUT2D eigenvalue weighted by Crippen LogP contribution is -1.98. The molecule has 0 aliphatic rings. The van der Waals surface area contributed by atoms with Crippen LogP contribution in [0.4, 0.5) is 0 Å². The minimum Gasteiger partial charge on any atom is -0.326 e. The fourth-order valence-corrected chi connectivity index (χ4v) is 3.03. The molecule has 0 fully saturated rings. The number of rotatable bonds is 4. The van der Waals surface area contributed by atoms with Crippen molar-refractivity contribution in [3.05, 3.63) is 59.2 Å². The van der Waals surface area contributed by atoms with Crippen LogP contribution in [0, 0.1) is 6.92 Å². The minimum absolute atomic E-state index is 0.581. The standard InChI is InChI=1S/C17H21NS/c1-12(2)14-6-8-16(9-7-14)19-17-10-13(3)4-5-15(17)11-18/h4-10,12H,11,18H2,1-3H3. The predicted molar refractivity (Wildman–Crippen MR) is 83.7 cm³/mol. The molecule has 0 spiro atoms. The maximum Gasteiger partial charge on any atom is 0.0189 e. The molecule has 0 heterocycles. The van der Waals surface area contributed by atoms with Gasteiger partial charge in [-0.2, -0.15) is 0 Å². The second-order valence-corrected chi connectivity index (χ2v) is 6.26. The van der Waals surface area contributed by atoms with Gasteiger partial charge in [0.2, 0.25) is 0 Å². The topological polar surface area (TPSA) is 26.0 Å². The van der Waals surface area contributed by atoms with Crippen LogP contribution in [-0.4, -0.2) is 0 Å². The van der Waals surface area contributed by atoms with Gasteiger partial charge in [-0.25, -0.2) is 0 Å². The Bertz CT molecular complexity index is 544. The number of hydrogen-bond acceptors (Lipinski definition) is 2. The number of nitrogens with two attached hydrogens (primary N) is 1. The molecule has 0 saturated heterocycles. The molecule has 0 amide bonds. The summed E-state index contributed by atoms with van der Waals surface area (Å²) in [5, 5.41) is 0. The SMILES string of the molecule is Cc1ccc(CN)c(Sc2ccc(C(C)C)cc2)c1. The summed E-state index contributed by atoms with van der Waals surface area (Å²) in [5.74, 6) is 0.581. The van der Waals surface area contributed by atoms with Crippen LogP contribution < -0.4 is 5.73 Å². The Kier molecular flexibility index (Phi) is 4.67. The van der Waals surface area contributed by atoms with E-state index in [2.05, 4.69) is 63.2 Å². The van der Waals surface area contributed by atoms with Gasteiger partial charge in [-0.3, -0.25) is 0 Å². The Balaban J connectivity index is 2.23. The van der Waals surface area contributed by atoms with E-state index in [4.69, 9.17) is 5.73 Å². The molecule has 2 heteroatoms. The van der Waals surface area contributed by atoms with Crippen molar-refractivity contribution in [2.75, 3.05) is 0 Å². The van der Waals surface area contributed by atoms with Gasteiger partial charge in [0, 0.05) is 16.3 Å². The summed E-state index contributed by atoms with van der Waals surface area (Å²) in [4.78, 5) is 2.53. The largest absolute Gasteiger partial charge is 0.326 e. The summed E-state index contributed by atoms with van der Waals surface area (Å²) in [7, 11) is 0. The van der Waals surface area contributed by atoms with Crippen molar-refractivity contribution in [3.8, 4) is 0 Å². The van der Waals surface area contributed by atoms with E-state index >= 15 is 0 Å². The Hall–Kier alpha value is -1.25. The van der Waals surface area contributed by atoms with Crippen LogP contribution in [0.1, 0.15) is 36.5 Å². The van der Waals surface area contributed by atoms with Crippen LogP contribution in [0.2, 0.25) is 0 Å². The summed E-state index contributed by atoms with van der Waals surface area (Å²) in [5.41, 5.74) is 9.67. The fraction of sp³-hybridized carbons (Fsp3) is 0.294. The first-order valence-electron chi connectivity index (χ1n) is 6.67. The van der Waals surface area contributed by atoms with E-state index in [1.165, 1.54) is 26.5 Å². The van der Waals surface area contributed by atoms with Crippen molar-refractivity contribution in [2.24, 2.45) is 5.73 Å². The molecule has 1 nitrogen and oxygen atoms in total. The molecule has 0 saturated carbocycles. The summed E-state index contributed by atoms with van der Waals surface area (Å²) in [6, 6.07) is 15.3. The first-order chi connectivity index (χ1) is 9.10. The Morgan fingerprint density at radius 1 is 1.05 bits per heavy atom. The number of aryl methyl sites for hydroxylation is 1. The van der Waals surface area contributed by atoms with E-state index in [9.17, 15) is 0 Å². The lowest BCUT2D eigenvalue weighted by Gasteiger charge is -2.10. The third kappa shape index (κ3) is 3.62. The molecule has 0 unspecified atom stereocenters. The zero-order chi connectivity index (χ0) is 13.8. The average Bonchev–Trinajstić information content (AvgIpc) is 2.39. The van der Waals surface area contributed by atoms with E-state index < -0.39 is 0 Å². The monoisotopic (exact) mass is 271 g/mol. The van der Waals surface area contributed by atoms with Crippen molar-refractivity contribution in [1.29, 1.82) is 0 Å². The number of benzene rings is 2. The molecule has 0 aliphatic heterocycles. The van der Waals surface area contributed by atoms with E-state index in [1.54, 1.807) is 11.8 Å². The van der Waals surface area contributed by atoms with Crippen molar-refractivity contribution in [2.45, 2.75) is 43.0 Å². The van der Waals surface area contributed by atoms with E-state index in [0.29, 0.717) is 12.5 Å². The Morgan fingerprint density at radius 3 is 2.32 bits per heavy atom. The molecule has 0 aliphatic carbocycles. The van der Waals surface area contributed by atoms with Crippen LogP contribution in [0.25, 0.3) is 0 Å². The van der Waals surface area contributed by atoms with E-state index in [0.717, 1.165) is 0 Å². The van der Waals surface area contributed by atoms with Gasteiger partial charge >= 0.3 is 0 Å². The van der Waals surface area contributed by atoms with Crippen molar-refractivity contribution < 1.29 is 0 Å². The van der Waals surface area contributed by atoms with E-state index in [1.807, 2.05) is 0 Å². The molecular weight excluding hydrogens is 250 g/mol.